The smallest absolute Gasteiger partial charge is 0.306 e. The number of carbonyl (C=O) groups is 2. The zero-order valence-electron chi connectivity index (χ0n) is 23.6. The molecular formula is C29H44N2O11. The van der Waals surface area contributed by atoms with Crippen molar-refractivity contribution in [3.05, 3.63) is 60.2 Å². The van der Waals surface area contributed by atoms with E-state index in [4.69, 9.17) is 25.6 Å². The predicted octanol–water partition coefficient (Wildman–Crippen LogP) is 3.32. The molecule has 2 rings (SSSR count). The first kappa shape index (κ1) is 35.6. The van der Waals surface area contributed by atoms with Gasteiger partial charge in [0.1, 0.15) is 25.1 Å². The largest absolute Gasteiger partial charge is 0.458 e. The van der Waals surface area contributed by atoms with Crippen molar-refractivity contribution in [1.29, 1.82) is 0 Å². The van der Waals surface area contributed by atoms with Gasteiger partial charge in [0.25, 0.3) is 0 Å². The van der Waals surface area contributed by atoms with Crippen LogP contribution in [0.4, 0.5) is 0 Å². The number of aldehydes is 1. The van der Waals surface area contributed by atoms with Gasteiger partial charge in [0.15, 0.2) is 0 Å². The highest BCUT2D eigenvalue weighted by Gasteiger charge is 2.39. The highest BCUT2D eigenvalue weighted by molar-refractivity contribution is 5.69. The van der Waals surface area contributed by atoms with Gasteiger partial charge in [-0.05, 0) is 62.5 Å². The van der Waals surface area contributed by atoms with Gasteiger partial charge < -0.3 is 19.7 Å². The van der Waals surface area contributed by atoms with Crippen LogP contribution in [0.3, 0.4) is 0 Å². The van der Waals surface area contributed by atoms with Crippen LogP contribution in [0.1, 0.15) is 63.4 Å². The number of hydrogen-bond donors (Lipinski definition) is 6. The Balaban J connectivity index is 2.01. The first-order valence-electron chi connectivity index (χ1n) is 14.2. The minimum Gasteiger partial charge on any atom is -0.458 e. The van der Waals surface area contributed by atoms with Crippen LogP contribution in [-0.4, -0.2) is 85.1 Å². The van der Waals surface area contributed by atoms with Crippen LogP contribution < -0.4 is 0 Å². The summed E-state index contributed by atoms with van der Waals surface area (Å²) in [5.74, 6) is -1.03. The van der Waals surface area contributed by atoms with Gasteiger partial charge in [-0.3, -0.25) is 25.6 Å². The molecule has 13 heteroatoms. The topological polar surface area (TPSA) is 190 Å². The van der Waals surface area contributed by atoms with E-state index in [2.05, 4.69) is 9.68 Å². The lowest BCUT2D eigenvalue weighted by atomic mass is 9.89. The van der Waals surface area contributed by atoms with Gasteiger partial charge in [-0.2, -0.15) is 0 Å². The summed E-state index contributed by atoms with van der Waals surface area (Å²) in [6.45, 7) is -0.438. The third-order valence-electron chi connectivity index (χ3n) is 7.10. The fourth-order valence-electron chi connectivity index (χ4n) is 4.95. The number of ether oxygens (including phenoxy) is 1. The Hall–Kier alpha value is -2.56. The molecular weight excluding hydrogens is 552 g/mol. The van der Waals surface area contributed by atoms with E-state index in [-0.39, 0.29) is 37.5 Å². The highest BCUT2D eigenvalue weighted by atomic mass is 17.1. The number of hydrogen-bond acceptors (Lipinski definition) is 13. The van der Waals surface area contributed by atoms with Gasteiger partial charge in [-0.15, -0.1) is 0 Å². The van der Waals surface area contributed by atoms with Gasteiger partial charge in [-0.25, -0.2) is 9.68 Å². The average molecular weight is 597 g/mol. The zero-order valence-corrected chi connectivity index (χ0v) is 23.6. The number of allylic oxidation sites excluding steroid dienone is 2. The molecule has 1 aromatic carbocycles. The lowest BCUT2D eigenvalue weighted by molar-refractivity contribution is -0.527. The summed E-state index contributed by atoms with van der Waals surface area (Å²) in [7, 11) is 0. The van der Waals surface area contributed by atoms with Crippen LogP contribution >= 0.6 is 0 Å². The first-order valence-corrected chi connectivity index (χ1v) is 14.2. The molecule has 42 heavy (non-hydrogen) atoms. The van der Waals surface area contributed by atoms with E-state index < -0.39 is 47.8 Å². The molecule has 6 N–H and O–H groups in total. The zero-order chi connectivity index (χ0) is 30.7. The Kier molecular flexibility index (Phi) is 17.3. The maximum absolute atomic E-state index is 12.7. The maximum atomic E-state index is 12.7. The predicted molar refractivity (Wildman–Crippen MR) is 147 cm³/mol. The molecule has 0 amide bonds. The molecule has 6 atom stereocenters. The Morgan fingerprint density at radius 2 is 1.74 bits per heavy atom. The van der Waals surface area contributed by atoms with Crippen molar-refractivity contribution >= 4 is 12.3 Å². The second kappa shape index (κ2) is 20.4. The number of carbonyl (C=O) groups excluding carboxylic acids is 2. The van der Waals surface area contributed by atoms with Crippen molar-refractivity contribution in [2.24, 2.45) is 11.8 Å². The van der Waals surface area contributed by atoms with E-state index in [0.717, 1.165) is 24.7 Å². The van der Waals surface area contributed by atoms with Crippen LogP contribution in [0.5, 0.6) is 0 Å². The second-order valence-corrected chi connectivity index (χ2v) is 10.3. The molecule has 0 heterocycles. The molecule has 1 aliphatic rings. The monoisotopic (exact) mass is 596 g/mol. The molecule has 1 aliphatic carbocycles. The minimum atomic E-state index is -1.00. The molecule has 0 radical (unpaired) electrons. The van der Waals surface area contributed by atoms with Crippen LogP contribution in [0.2, 0.25) is 0 Å². The van der Waals surface area contributed by atoms with E-state index in [0.29, 0.717) is 25.7 Å². The summed E-state index contributed by atoms with van der Waals surface area (Å²) in [5, 5.41) is 55.3. The third kappa shape index (κ3) is 14.6. The fourth-order valence-corrected chi connectivity index (χ4v) is 4.95. The molecule has 0 saturated heterocycles. The number of nitrogens with zero attached hydrogens (tertiary/aromatic N) is 2. The molecule has 1 aromatic rings. The quantitative estimate of drug-likeness (QED) is 0.0399. The van der Waals surface area contributed by atoms with Gasteiger partial charge in [0, 0.05) is 25.2 Å². The molecule has 0 aliphatic heterocycles. The van der Waals surface area contributed by atoms with Gasteiger partial charge in [0.05, 0.1) is 23.0 Å². The molecule has 0 spiro atoms. The van der Waals surface area contributed by atoms with E-state index in [1.807, 2.05) is 48.6 Å². The summed E-state index contributed by atoms with van der Waals surface area (Å²) in [6.07, 6.45) is 9.68. The van der Waals surface area contributed by atoms with Crippen LogP contribution in [0, 0.1) is 11.8 Å². The number of aliphatic hydroxyl groups excluding tert-OH is 2. The fraction of sp³-hybridized carbons (Fsp3) is 0.586. The van der Waals surface area contributed by atoms with E-state index in [1.54, 1.807) is 6.08 Å². The molecule has 0 unspecified atom stereocenters. The van der Waals surface area contributed by atoms with E-state index in [9.17, 15) is 19.8 Å². The van der Waals surface area contributed by atoms with Crippen LogP contribution in [0.25, 0.3) is 0 Å². The van der Waals surface area contributed by atoms with Crippen molar-refractivity contribution in [2.45, 2.75) is 88.6 Å². The Labute approximate surface area is 245 Å². The molecule has 0 bridgehead atoms. The number of aryl methyl sites for hydroxylation is 1. The minimum absolute atomic E-state index is 0.0311. The highest BCUT2D eigenvalue weighted by Crippen LogP contribution is 2.36. The van der Waals surface area contributed by atoms with Gasteiger partial charge >= 0.3 is 5.97 Å². The van der Waals surface area contributed by atoms with Crippen LogP contribution in [0.15, 0.2) is 54.6 Å². The molecule has 0 aromatic heterocycles. The number of aliphatic hydroxyl groups is 2. The average Bonchev–Trinajstić information content (AvgIpc) is 3.22. The van der Waals surface area contributed by atoms with Gasteiger partial charge in [0.2, 0.25) is 0 Å². The standard InChI is InChI=1S/C29H44N2O11/c32-19-8-3-1-2-7-13-25-26(28(34)20-27(25)33)18-17-23(16-15-22-10-5-4-6-11-22)41-29(35)14-9-12-24(42-31(38)39)21-40-30(36)37/h2,4-7,10-11,17-19,23-28,33-34,36-39H,1,3,8-9,12-16,20-21H2/b7-2-,18-17+/t23-,24+,25+,26+,27-,28+/m0/s1. The second-order valence-electron chi connectivity index (χ2n) is 10.3. The van der Waals surface area contributed by atoms with Crippen LogP contribution in [-0.2, 0) is 30.4 Å². The SMILES string of the molecule is O=CCCC/C=C\C[C@@H]1[C@@H](/C=C/[C@H](CCc2ccccc2)OC(=O)CCC[C@H](CON(O)O)ON(O)O)[C@H](O)C[C@@H]1O. The third-order valence-corrected chi connectivity index (χ3v) is 7.10. The van der Waals surface area contributed by atoms with E-state index in [1.165, 1.54) is 0 Å². The van der Waals surface area contributed by atoms with E-state index >= 15 is 0 Å². The normalized spacial score (nSPS) is 22.4. The number of benzene rings is 1. The Morgan fingerprint density at radius 1 is 0.976 bits per heavy atom. The van der Waals surface area contributed by atoms with Gasteiger partial charge in [-0.1, -0.05) is 48.6 Å². The lowest BCUT2D eigenvalue weighted by Gasteiger charge is -2.21. The Bertz CT molecular complexity index is 945. The molecule has 13 nitrogen and oxygen atoms in total. The summed E-state index contributed by atoms with van der Waals surface area (Å²) in [4.78, 5) is 32.3. The van der Waals surface area contributed by atoms with Crippen molar-refractivity contribution in [1.82, 2.24) is 10.8 Å². The summed E-state index contributed by atoms with van der Waals surface area (Å²) >= 11 is 0. The molecule has 1 fully saturated rings. The first-order chi connectivity index (χ1) is 20.2. The van der Waals surface area contributed by atoms with Crippen molar-refractivity contribution in [3.63, 3.8) is 0 Å². The number of rotatable bonds is 21. The lowest BCUT2D eigenvalue weighted by Crippen LogP contribution is -2.31. The Morgan fingerprint density at radius 3 is 2.43 bits per heavy atom. The summed E-state index contributed by atoms with van der Waals surface area (Å²) in [6, 6.07) is 9.72. The van der Waals surface area contributed by atoms with Crippen molar-refractivity contribution < 1.29 is 55.0 Å². The van der Waals surface area contributed by atoms with Crippen molar-refractivity contribution in [3.8, 4) is 0 Å². The maximum Gasteiger partial charge on any atom is 0.306 e. The summed E-state index contributed by atoms with van der Waals surface area (Å²) in [5.41, 5.74) is 1.07. The number of unbranched alkanes of at least 4 members (excludes halogenated alkanes) is 2. The molecule has 1 saturated carbocycles. The van der Waals surface area contributed by atoms with Crippen molar-refractivity contribution in [2.75, 3.05) is 6.61 Å². The molecule has 236 valence electrons. The number of esters is 1. The summed E-state index contributed by atoms with van der Waals surface area (Å²) < 4.78 is 5.74.